The fourth-order valence-electron chi connectivity index (χ4n) is 3.90. The Morgan fingerprint density at radius 1 is 1.24 bits per heavy atom. The molecule has 2 atom stereocenters. The van der Waals surface area contributed by atoms with Crippen molar-refractivity contribution in [2.75, 3.05) is 6.54 Å². The molecule has 15 heteroatoms. The normalized spacial score (nSPS) is 17.9. The van der Waals surface area contributed by atoms with Crippen LogP contribution in [0.2, 0.25) is 0 Å². The van der Waals surface area contributed by atoms with Crippen LogP contribution in [0.1, 0.15) is 37.9 Å². The maximum Gasteiger partial charge on any atom is 0.573 e. The number of likely N-dealkylation sites (tertiary alicyclic amines) is 1. The van der Waals surface area contributed by atoms with Crippen molar-refractivity contribution >= 4 is 12.0 Å². The van der Waals surface area contributed by atoms with Crippen molar-refractivity contribution in [1.82, 2.24) is 30.2 Å². The molecular weight excluding hydrogens is 516 g/mol. The molecule has 11 nitrogen and oxygen atoms in total. The lowest BCUT2D eigenvalue weighted by Gasteiger charge is -2.28. The number of rotatable bonds is 6. The minimum absolute atomic E-state index is 0.0158. The first-order valence-electron chi connectivity index (χ1n) is 11.4. The van der Waals surface area contributed by atoms with Gasteiger partial charge in [-0.1, -0.05) is 5.21 Å². The van der Waals surface area contributed by atoms with Gasteiger partial charge in [0.15, 0.2) is 17.3 Å². The Hall–Kier alpha value is -4.17. The number of nitrogens with one attached hydrogen (secondary N) is 1. The molecule has 204 valence electrons. The summed E-state index contributed by atoms with van der Waals surface area (Å²) in [4.78, 5) is 31.0. The number of alkyl halides is 3. The molecule has 2 amide bonds. The summed E-state index contributed by atoms with van der Waals surface area (Å²) >= 11 is 0. The number of benzene rings is 1. The van der Waals surface area contributed by atoms with Crippen LogP contribution in [0.25, 0.3) is 11.3 Å². The summed E-state index contributed by atoms with van der Waals surface area (Å²) in [6.45, 7) is 5.69. The van der Waals surface area contributed by atoms with Gasteiger partial charge in [-0.15, -0.1) is 18.3 Å². The monoisotopic (exact) mass is 540 g/mol. The van der Waals surface area contributed by atoms with Crippen molar-refractivity contribution in [3.05, 3.63) is 48.5 Å². The minimum atomic E-state index is -5.09. The first-order valence-corrected chi connectivity index (χ1v) is 11.4. The fourth-order valence-corrected chi connectivity index (χ4v) is 3.90. The van der Waals surface area contributed by atoms with Crippen LogP contribution in [0, 0.1) is 5.82 Å². The van der Waals surface area contributed by atoms with Gasteiger partial charge in [0, 0.05) is 24.3 Å². The van der Waals surface area contributed by atoms with E-state index in [9.17, 15) is 27.2 Å². The molecule has 1 aliphatic rings. The molecule has 1 N–H and O–H groups in total. The molecule has 0 spiro atoms. The van der Waals surface area contributed by atoms with E-state index in [1.165, 1.54) is 11.1 Å². The summed E-state index contributed by atoms with van der Waals surface area (Å²) in [7, 11) is 0. The van der Waals surface area contributed by atoms with Gasteiger partial charge >= 0.3 is 18.4 Å². The Bertz CT molecular complexity index is 1290. The first-order chi connectivity index (χ1) is 17.8. The summed E-state index contributed by atoms with van der Waals surface area (Å²) in [5.41, 5.74) is -0.710. The third kappa shape index (κ3) is 6.77. The molecule has 1 unspecified atom stereocenters. The summed E-state index contributed by atoms with van der Waals surface area (Å²) in [6.07, 6.45) is -0.999. The van der Waals surface area contributed by atoms with Crippen LogP contribution in [0.5, 0.6) is 5.75 Å². The average molecular weight is 540 g/mol. The lowest BCUT2D eigenvalue weighted by Crippen LogP contribution is -2.43. The molecule has 1 fully saturated rings. The van der Waals surface area contributed by atoms with Gasteiger partial charge in [0.25, 0.3) is 5.89 Å². The molecule has 0 radical (unpaired) electrons. The quantitative estimate of drug-likeness (QED) is 0.469. The molecule has 3 aromatic rings. The van der Waals surface area contributed by atoms with E-state index in [4.69, 9.17) is 9.15 Å². The first kappa shape index (κ1) is 26.9. The highest BCUT2D eigenvalue weighted by molar-refractivity contribution is 5.90. The highest BCUT2D eigenvalue weighted by atomic mass is 19.4. The Balaban J connectivity index is 1.46. The number of aromatic nitrogens is 4. The van der Waals surface area contributed by atoms with Crippen LogP contribution in [-0.4, -0.2) is 67.5 Å². The molecular formula is C23H24F4N6O5. The van der Waals surface area contributed by atoms with Gasteiger partial charge in [-0.25, -0.2) is 14.2 Å². The van der Waals surface area contributed by atoms with Crippen LogP contribution in [0.3, 0.4) is 0 Å². The smallest absolute Gasteiger partial charge is 0.444 e. The van der Waals surface area contributed by atoms with Gasteiger partial charge in [-0.05, 0) is 45.4 Å². The van der Waals surface area contributed by atoms with E-state index in [-0.39, 0.29) is 29.8 Å². The number of oxazole rings is 1. The third-order valence-electron chi connectivity index (χ3n) is 5.39. The minimum Gasteiger partial charge on any atom is -0.444 e. The van der Waals surface area contributed by atoms with E-state index < -0.39 is 41.6 Å². The third-order valence-corrected chi connectivity index (χ3v) is 5.39. The van der Waals surface area contributed by atoms with Crippen molar-refractivity contribution in [3.63, 3.8) is 0 Å². The maximum absolute atomic E-state index is 13.7. The van der Waals surface area contributed by atoms with Gasteiger partial charge in [0.2, 0.25) is 0 Å². The molecule has 1 aliphatic heterocycles. The lowest BCUT2D eigenvalue weighted by atomic mass is 10.1. The van der Waals surface area contributed by atoms with Crippen LogP contribution >= 0.6 is 0 Å². The zero-order valence-electron chi connectivity index (χ0n) is 20.5. The van der Waals surface area contributed by atoms with Gasteiger partial charge in [0.1, 0.15) is 5.60 Å². The molecule has 3 heterocycles. The number of ether oxygens (including phenoxy) is 2. The molecule has 0 saturated carbocycles. The van der Waals surface area contributed by atoms with Gasteiger partial charge in [-0.2, -0.15) is 0 Å². The molecule has 2 aromatic heterocycles. The van der Waals surface area contributed by atoms with Gasteiger partial charge in [0.05, 0.1) is 25.0 Å². The number of hydrogen-bond donors (Lipinski definition) is 1. The topological polar surface area (TPSA) is 125 Å². The second-order valence-corrected chi connectivity index (χ2v) is 9.54. The Morgan fingerprint density at radius 3 is 2.66 bits per heavy atom. The van der Waals surface area contributed by atoms with Crippen LogP contribution in [0.15, 0.2) is 41.2 Å². The number of nitrogens with zero attached hydrogens (tertiary/aromatic N) is 5. The van der Waals surface area contributed by atoms with Gasteiger partial charge < -0.3 is 24.1 Å². The molecule has 0 aliphatic carbocycles. The van der Waals surface area contributed by atoms with Crippen LogP contribution in [0.4, 0.5) is 22.4 Å². The zero-order valence-corrected chi connectivity index (χ0v) is 20.5. The average Bonchev–Trinajstić information content (AvgIpc) is 3.55. The van der Waals surface area contributed by atoms with Crippen LogP contribution < -0.4 is 10.1 Å². The number of carbonyl (C=O) groups is 2. The van der Waals surface area contributed by atoms with Crippen LogP contribution in [-0.2, 0) is 11.3 Å². The molecule has 38 heavy (non-hydrogen) atoms. The summed E-state index contributed by atoms with van der Waals surface area (Å²) < 4.78 is 67.5. The number of amides is 2. The Morgan fingerprint density at radius 2 is 2.00 bits per heavy atom. The molecule has 1 aromatic carbocycles. The van der Waals surface area contributed by atoms with E-state index in [1.54, 1.807) is 31.6 Å². The lowest BCUT2D eigenvalue weighted by molar-refractivity contribution is -0.275. The molecule has 4 rings (SSSR count). The van der Waals surface area contributed by atoms with Crippen molar-refractivity contribution < 1.29 is 41.0 Å². The second-order valence-electron chi connectivity index (χ2n) is 9.54. The van der Waals surface area contributed by atoms with E-state index in [2.05, 4.69) is 25.3 Å². The van der Waals surface area contributed by atoms with Crippen molar-refractivity contribution in [3.8, 4) is 17.1 Å². The Labute approximate surface area is 213 Å². The van der Waals surface area contributed by atoms with Crippen molar-refractivity contribution in [1.29, 1.82) is 0 Å². The maximum atomic E-state index is 13.7. The van der Waals surface area contributed by atoms with E-state index >= 15 is 0 Å². The predicted octanol–water partition coefficient (Wildman–Crippen LogP) is 3.78. The van der Waals surface area contributed by atoms with E-state index in [1.807, 2.05) is 0 Å². The highest BCUT2D eigenvalue weighted by Gasteiger charge is 2.39. The fraction of sp³-hybridized carbons (Fsp3) is 0.435. The number of hydrogen-bond acceptors (Lipinski definition) is 8. The van der Waals surface area contributed by atoms with E-state index in [0.29, 0.717) is 13.0 Å². The second kappa shape index (κ2) is 10.3. The summed E-state index contributed by atoms with van der Waals surface area (Å²) in [5.74, 6) is -3.43. The number of halogens is 4. The van der Waals surface area contributed by atoms with Gasteiger partial charge in [-0.3, -0.25) is 9.48 Å². The SMILES string of the molecule is CC(C)(C)OC(=O)N1CC(NC(=O)c2ncc(-c3ccc(F)c(OC(F)(F)F)c3)o2)C[C@@H]1Cn1ccnn1. The predicted molar refractivity (Wildman–Crippen MR) is 121 cm³/mol. The van der Waals surface area contributed by atoms with Crippen molar-refractivity contribution in [2.45, 2.75) is 57.8 Å². The summed E-state index contributed by atoms with van der Waals surface area (Å²) in [5, 5.41) is 10.4. The largest absolute Gasteiger partial charge is 0.573 e. The standard InChI is InChI=1S/C23H24F4N6O5/c1-22(2,3)38-21(35)33-11-14(9-15(33)12-32-7-6-29-31-32)30-19(34)20-28-10-18(36-20)13-4-5-16(24)17(8-13)37-23(25,26)27/h4-8,10,14-15H,9,11-12H2,1-3H3,(H,30,34)/t14?,15-/m1/s1. The summed E-state index contributed by atoms with van der Waals surface area (Å²) in [6, 6.07) is 1.87. The molecule has 0 bridgehead atoms. The molecule has 1 saturated heterocycles. The Kier molecular flexibility index (Phi) is 7.29. The number of carbonyl (C=O) groups excluding carboxylic acids is 2. The zero-order chi connectivity index (χ0) is 27.7. The highest BCUT2D eigenvalue weighted by Crippen LogP contribution is 2.31. The van der Waals surface area contributed by atoms with E-state index in [0.717, 1.165) is 24.4 Å². The van der Waals surface area contributed by atoms with Crippen molar-refractivity contribution in [2.24, 2.45) is 0 Å².